The number of aromatic nitrogens is 1. The Morgan fingerprint density at radius 3 is 2.38 bits per heavy atom. The van der Waals surface area contributed by atoms with Gasteiger partial charge in [0.15, 0.2) is 0 Å². The second-order valence-electron chi connectivity index (χ2n) is 11.5. The highest BCUT2D eigenvalue weighted by Crippen LogP contribution is 2.34. The molecule has 0 radical (unpaired) electrons. The molecule has 1 saturated heterocycles. The molecule has 0 spiro atoms. The number of hydrogen-bond donors (Lipinski definition) is 2. The maximum Gasteiger partial charge on any atom is 0.253 e. The fourth-order valence-electron chi connectivity index (χ4n) is 5.42. The molecule has 0 atom stereocenters. The number of carbonyl (C=O) groups is 1. The first-order chi connectivity index (χ1) is 17.4. The summed E-state index contributed by atoms with van der Waals surface area (Å²) in [6, 6.07) is 7.08. The number of halogens is 1. The molecule has 1 aliphatic heterocycles. The van der Waals surface area contributed by atoms with Crippen LogP contribution >= 0.6 is 11.6 Å². The van der Waals surface area contributed by atoms with Crippen LogP contribution in [0.2, 0.25) is 5.02 Å². The summed E-state index contributed by atoms with van der Waals surface area (Å²) in [6.07, 6.45) is 7.73. The van der Waals surface area contributed by atoms with Crippen LogP contribution in [-0.4, -0.2) is 43.7 Å². The van der Waals surface area contributed by atoms with Gasteiger partial charge in [0.05, 0.1) is 10.6 Å². The minimum atomic E-state index is -3.78. The third-order valence-corrected chi connectivity index (χ3v) is 9.53. The fraction of sp³-hybridized carbons (Fsp3) is 0.607. The van der Waals surface area contributed by atoms with Gasteiger partial charge in [-0.1, -0.05) is 36.9 Å². The minimum absolute atomic E-state index is 0.0486. The molecule has 1 saturated carbocycles. The Labute approximate surface area is 226 Å². The molecule has 204 valence electrons. The quantitative estimate of drug-likeness (QED) is 0.465. The number of carbonyl (C=O) groups excluding carboxylic acids is 1. The predicted molar refractivity (Wildman–Crippen MR) is 148 cm³/mol. The summed E-state index contributed by atoms with van der Waals surface area (Å²) in [5, 5.41) is 3.35. The molecule has 1 aromatic heterocycles. The van der Waals surface area contributed by atoms with Crippen LogP contribution in [0.4, 0.5) is 0 Å². The maximum absolute atomic E-state index is 13.3. The molecule has 2 fully saturated rings. The zero-order valence-corrected chi connectivity index (χ0v) is 24.0. The van der Waals surface area contributed by atoms with E-state index in [-0.39, 0.29) is 21.9 Å². The van der Waals surface area contributed by atoms with Gasteiger partial charge < -0.3 is 14.6 Å². The van der Waals surface area contributed by atoms with E-state index in [0.29, 0.717) is 24.7 Å². The van der Waals surface area contributed by atoms with E-state index < -0.39 is 15.6 Å². The zero-order chi connectivity index (χ0) is 26.8. The Balaban J connectivity index is 1.69. The van der Waals surface area contributed by atoms with E-state index in [2.05, 4.69) is 14.6 Å². The molecule has 0 unspecified atom stereocenters. The van der Waals surface area contributed by atoms with Gasteiger partial charge in [-0.15, -0.1) is 0 Å². The molecule has 4 rings (SSSR count). The largest absolute Gasteiger partial charge is 0.381 e. The van der Waals surface area contributed by atoms with E-state index in [0.717, 1.165) is 36.3 Å². The number of benzene rings is 1. The van der Waals surface area contributed by atoms with Crippen molar-refractivity contribution in [1.29, 1.82) is 0 Å². The van der Waals surface area contributed by atoms with E-state index in [9.17, 15) is 13.2 Å². The van der Waals surface area contributed by atoms with Crippen LogP contribution in [0.1, 0.15) is 81.8 Å². The van der Waals surface area contributed by atoms with E-state index in [1.807, 2.05) is 13.0 Å². The molecule has 0 bridgehead atoms. The lowest BCUT2D eigenvalue weighted by Gasteiger charge is -2.25. The number of hydrogen-bond acceptors (Lipinski definition) is 4. The van der Waals surface area contributed by atoms with Gasteiger partial charge in [-0.25, -0.2) is 13.1 Å². The van der Waals surface area contributed by atoms with Crippen LogP contribution in [0.15, 0.2) is 29.2 Å². The number of ether oxygens (including phenoxy) is 1. The molecule has 1 aliphatic carbocycles. The first-order valence-electron chi connectivity index (χ1n) is 13.4. The smallest absolute Gasteiger partial charge is 0.253 e. The average molecular weight is 550 g/mol. The first-order valence-corrected chi connectivity index (χ1v) is 15.2. The third-order valence-electron chi connectivity index (χ3n) is 7.29. The van der Waals surface area contributed by atoms with Gasteiger partial charge in [0.2, 0.25) is 10.0 Å². The molecule has 2 heterocycles. The summed E-state index contributed by atoms with van der Waals surface area (Å²) >= 11 is 6.56. The molecule has 2 aromatic rings. The maximum atomic E-state index is 13.3. The lowest BCUT2D eigenvalue weighted by molar-refractivity contribution is 0.0696. The Morgan fingerprint density at radius 1 is 1.08 bits per heavy atom. The molecule has 37 heavy (non-hydrogen) atoms. The van der Waals surface area contributed by atoms with Gasteiger partial charge in [-0.2, -0.15) is 0 Å². The number of sulfonamides is 1. The molecule has 2 N–H and O–H groups in total. The van der Waals surface area contributed by atoms with Crippen molar-refractivity contribution >= 4 is 27.5 Å². The SMILES string of the molecule is Cc1c(C(=O)NC2CCOCC2)cc(-c2ccc(S(=O)(=O)NC(C)(C)C)c(Cl)c2)n1CC1CCCCC1. The molecular formula is C28H40ClN3O4S. The second-order valence-corrected chi connectivity index (χ2v) is 13.6. The van der Waals surface area contributed by atoms with E-state index in [1.54, 1.807) is 39.0 Å². The van der Waals surface area contributed by atoms with Crippen molar-refractivity contribution in [1.82, 2.24) is 14.6 Å². The zero-order valence-electron chi connectivity index (χ0n) is 22.4. The van der Waals surface area contributed by atoms with Gasteiger partial charge in [-0.3, -0.25) is 4.79 Å². The van der Waals surface area contributed by atoms with Crippen molar-refractivity contribution in [3.63, 3.8) is 0 Å². The summed E-state index contributed by atoms with van der Waals surface area (Å²) in [4.78, 5) is 13.4. The second kappa shape index (κ2) is 11.5. The molecule has 9 heteroatoms. The van der Waals surface area contributed by atoms with Gasteiger partial charge in [0.1, 0.15) is 4.90 Å². The Kier molecular flexibility index (Phi) is 8.73. The Hall–Kier alpha value is -1.87. The van der Waals surface area contributed by atoms with Gasteiger partial charge >= 0.3 is 0 Å². The van der Waals surface area contributed by atoms with Gasteiger partial charge in [0.25, 0.3) is 5.91 Å². The lowest BCUT2D eigenvalue weighted by atomic mass is 9.89. The van der Waals surface area contributed by atoms with Crippen molar-refractivity contribution in [2.75, 3.05) is 13.2 Å². The third kappa shape index (κ3) is 6.96. The van der Waals surface area contributed by atoms with Crippen molar-refractivity contribution < 1.29 is 17.9 Å². The summed E-state index contributed by atoms with van der Waals surface area (Å²) < 4.78 is 36.2. The van der Waals surface area contributed by atoms with Crippen molar-refractivity contribution in [2.45, 2.75) is 95.7 Å². The molecular weight excluding hydrogens is 510 g/mol. The molecule has 1 aromatic carbocycles. The fourth-order valence-corrected chi connectivity index (χ4v) is 7.38. The van der Waals surface area contributed by atoms with Crippen molar-refractivity contribution in [2.24, 2.45) is 5.92 Å². The monoisotopic (exact) mass is 549 g/mol. The highest BCUT2D eigenvalue weighted by Gasteiger charge is 2.27. The van der Waals surface area contributed by atoms with E-state index >= 15 is 0 Å². The van der Waals surface area contributed by atoms with Gasteiger partial charge in [0, 0.05) is 42.7 Å². The van der Waals surface area contributed by atoms with Crippen molar-refractivity contribution in [3.05, 3.63) is 40.5 Å². The summed E-state index contributed by atoms with van der Waals surface area (Å²) in [6.45, 7) is 9.53. The van der Waals surface area contributed by atoms with E-state index in [1.165, 1.54) is 32.1 Å². The van der Waals surface area contributed by atoms with Crippen LogP contribution in [-0.2, 0) is 21.3 Å². The average Bonchev–Trinajstić information content (AvgIpc) is 3.14. The normalized spacial score (nSPS) is 18.2. The van der Waals surface area contributed by atoms with Crippen LogP contribution in [0.25, 0.3) is 11.3 Å². The Morgan fingerprint density at radius 2 is 1.76 bits per heavy atom. The van der Waals surface area contributed by atoms with Crippen LogP contribution in [0.5, 0.6) is 0 Å². The first kappa shape index (κ1) is 28.1. The molecule has 1 amide bonds. The number of rotatable bonds is 7. The lowest BCUT2D eigenvalue weighted by Crippen LogP contribution is -2.40. The molecule has 7 nitrogen and oxygen atoms in total. The Bertz CT molecular complexity index is 1220. The summed E-state index contributed by atoms with van der Waals surface area (Å²) in [5.41, 5.74) is 2.63. The number of nitrogens with one attached hydrogen (secondary N) is 2. The number of nitrogens with zero attached hydrogens (tertiary/aromatic N) is 1. The van der Waals surface area contributed by atoms with Crippen LogP contribution in [0, 0.1) is 12.8 Å². The highest BCUT2D eigenvalue weighted by atomic mass is 35.5. The van der Waals surface area contributed by atoms with Crippen LogP contribution < -0.4 is 10.0 Å². The van der Waals surface area contributed by atoms with Crippen LogP contribution in [0.3, 0.4) is 0 Å². The van der Waals surface area contributed by atoms with E-state index in [4.69, 9.17) is 16.3 Å². The summed E-state index contributed by atoms with van der Waals surface area (Å²) in [5.74, 6) is 0.476. The van der Waals surface area contributed by atoms with Gasteiger partial charge in [-0.05, 0) is 83.1 Å². The minimum Gasteiger partial charge on any atom is -0.381 e. The summed E-state index contributed by atoms with van der Waals surface area (Å²) in [7, 11) is -3.78. The molecule has 2 aliphatic rings. The van der Waals surface area contributed by atoms with Crippen molar-refractivity contribution in [3.8, 4) is 11.3 Å². The highest BCUT2D eigenvalue weighted by molar-refractivity contribution is 7.89. The number of amides is 1. The predicted octanol–water partition coefficient (Wildman–Crippen LogP) is 5.68. The standard InChI is InChI=1S/C28H40ClN3O4S/c1-19-23(27(33)30-22-12-14-36-15-13-22)17-25(32(19)18-20-8-6-5-7-9-20)21-10-11-26(24(29)16-21)37(34,35)31-28(2,3)4/h10-11,16-17,20,22,31H,5-9,12-15,18H2,1-4H3,(H,30,33). The topological polar surface area (TPSA) is 89.4 Å².